The Morgan fingerprint density at radius 3 is 2.42 bits per heavy atom. The lowest BCUT2D eigenvalue weighted by Gasteiger charge is -2.18. The summed E-state index contributed by atoms with van der Waals surface area (Å²) in [7, 11) is 0. The van der Waals surface area contributed by atoms with Crippen LogP contribution in [0.2, 0.25) is 0 Å². The lowest BCUT2D eigenvalue weighted by molar-refractivity contribution is -0.139. The highest BCUT2D eigenvalue weighted by Gasteiger charge is 2.12. The number of benzene rings is 2. The fourth-order valence-corrected chi connectivity index (χ4v) is 2.26. The van der Waals surface area contributed by atoms with Crippen LogP contribution in [0.5, 0.6) is 5.75 Å². The molecule has 136 valence electrons. The van der Waals surface area contributed by atoms with Crippen molar-refractivity contribution in [2.24, 2.45) is 0 Å². The lowest BCUT2D eigenvalue weighted by atomic mass is 9.87. The Morgan fingerprint density at radius 1 is 1.12 bits per heavy atom. The molecular weight excluding hydrogens is 330 g/mol. The van der Waals surface area contributed by atoms with E-state index in [1.807, 2.05) is 12.1 Å². The normalized spacial score (nSPS) is 11.3. The van der Waals surface area contributed by atoms with Gasteiger partial charge < -0.3 is 15.2 Å². The molecule has 0 radical (unpaired) electrons. The molecule has 2 rings (SSSR count). The number of hydrogen-bond donors (Lipinski definition) is 2. The van der Waals surface area contributed by atoms with Crippen LogP contribution in [0, 0.1) is 0 Å². The number of carbonyl (C=O) groups is 2. The minimum atomic E-state index is -1.06. The van der Waals surface area contributed by atoms with Crippen LogP contribution in [0.4, 0.5) is 5.69 Å². The topological polar surface area (TPSA) is 75.6 Å². The van der Waals surface area contributed by atoms with Crippen molar-refractivity contribution in [3.63, 3.8) is 0 Å². The smallest absolute Gasteiger partial charge is 0.341 e. The first kappa shape index (κ1) is 19.2. The van der Waals surface area contributed by atoms with Crippen molar-refractivity contribution in [1.29, 1.82) is 0 Å². The van der Waals surface area contributed by atoms with Crippen LogP contribution in [-0.2, 0) is 15.0 Å². The average Bonchev–Trinajstić information content (AvgIpc) is 2.58. The quantitative estimate of drug-likeness (QED) is 0.767. The molecule has 2 aromatic rings. The van der Waals surface area contributed by atoms with Crippen molar-refractivity contribution in [1.82, 2.24) is 0 Å². The van der Waals surface area contributed by atoms with Crippen LogP contribution >= 0.6 is 0 Å². The van der Waals surface area contributed by atoms with Gasteiger partial charge in [-0.25, -0.2) is 4.79 Å². The molecule has 0 bridgehead atoms. The number of hydrogen-bond acceptors (Lipinski definition) is 3. The van der Waals surface area contributed by atoms with Gasteiger partial charge >= 0.3 is 5.97 Å². The van der Waals surface area contributed by atoms with E-state index in [-0.39, 0.29) is 11.3 Å². The van der Waals surface area contributed by atoms with E-state index in [9.17, 15) is 9.59 Å². The molecule has 1 amide bonds. The van der Waals surface area contributed by atoms with Gasteiger partial charge in [0.25, 0.3) is 0 Å². The molecule has 5 nitrogen and oxygen atoms in total. The van der Waals surface area contributed by atoms with Crippen molar-refractivity contribution >= 4 is 23.6 Å². The number of carboxylic acids is 1. The first-order valence-electron chi connectivity index (χ1n) is 8.28. The number of carboxylic acid groups (broad SMARTS) is 1. The van der Waals surface area contributed by atoms with E-state index < -0.39 is 12.6 Å². The highest BCUT2D eigenvalue weighted by atomic mass is 16.5. The van der Waals surface area contributed by atoms with Crippen LogP contribution in [0.25, 0.3) is 6.08 Å². The largest absolute Gasteiger partial charge is 0.482 e. The van der Waals surface area contributed by atoms with Crippen molar-refractivity contribution in [2.75, 3.05) is 11.9 Å². The molecule has 0 saturated carbocycles. The summed E-state index contributed by atoms with van der Waals surface area (Å²) in [6.07, 6.45) is 3.20. The molecule has 2 aromatic carbocycles. The SMILES string of the molecule is CC(C)(C)c1ccc(/C=C/C(=O)Nc2cccc(OCC(=O)O)c2)cc1. The van der Waals surface area contributed by atoms with Crippen LogP contribution in [-0.4, -0.2) is 23.6 Å². The Labute approximate surface area is 153 Å². The van der Waals surface area contributed by atoms with E-state index >= 15 is 0 Å². The number of amides is 1. The molecule has 2 N–H and O–H groups in total. The van der Waals surface area contributed by atoms with Gasteiger partial charge in [-0.15, -0.1) is 0 Å². The van der Waals surface area contributed by atoms with Gasteiger partial charge in [0.05, 0.1) is 0 Å². The number of aliphatic carboxylic acids is 1. The zero-order valence-electron chi connectivity index (χ0n) is 15.2. The van der Waals surface area contributed by atoms with Gasteiger partial charge in [-0.3, -0.25) is 4.79 Å². The average molecular weight is 353 g/mol. The summed E-state index contributed by atoms with van der Waals surface area (Å²) < 4.78 is 5.09. The van der Waals surface area contributed by atoms with Crippen molar-refractivity contribution < 1.29 is 19.4 Å². The predicted molar refractivity (Wildman–Crippen MR) is 102 cm³/mol. The number of ether oxygens (including phenoxy) is 1. The Bertz CT molecular complexity index is 802. The van der Waals surface area contributed by atoms with Gasteiger partial charge in [0.1, 0.15) is 5.75 Å². The predicted octanol–water partition coefficient (Wildman–Crippen LogP) is 4.10. The van der Waals surface area contributed by atoms with E-state index in [0.717, 1.165) is 5.56 Å². The second kappa shape index (κ2) is 8.34. The van der Waals surface area contributed by atoms with Gasteiger partial charge in [-0.1, -0.05) is 51.1 Å². The first-order valence-corrected chi connectivity index (χ1v) is 8.28. The summed E-state index contributed by atoms with van der Waals surface area (Å²) in [5.74, 6) is -0.952. The molecule has 5 heteroatoms. The summed E-state index contributed by atoms with van der Waals surface area (Å²) in [6, 6.07) is 14.7. The molecule has 0 aliphatic rings. The Morgan fingerprint density at radius 2 is 1.81 bits per heavy atom. The van der Waals surface area contributed by atoms with Crippen LogP contribution in [0.1, 0.15) is 31.9 Å². The van der Waals surface area contributed by atoms with E-state index in [0.29, 0.717) is 11.4 Å². The molecular formula is C21H23NO4. The van der Waals surface area contributed by atoms with E-state index in [2.05, 4.69) is 38.2 Å². The second-order valence-corrected chi connectivity index (χ2v) is 6.90. The highest BCUT2D eigenvalue weighted by molar-refractivity contribution is 6.02. The minimum absolute atomic E-state index is 0.0906. The van der Waals surface area contributed by atoms with Crippen molar-refractivity contribution in [3.8, 4) is 5.75 Å². The summed E-state index contributed by atoms with van der Waals surface area (Å²) in [6.45, 7) is 6.03. The molecule has 0 spiro atoms. The van der Waals surface area contributed by atoms with Gasteiger partial charge in [-0.05, 0) is 34.8 Å². The third kappa shape index (κ3) is 6.09. The number of anilines is 1. The van der Waals surface area contributed by atoms with Gasteiger partial charge in [0, 0.05) is 17.8 Å². The Hall–Kier alpha value is -3.08. The lowest BCUT2D eigenvalue weighted by Crippen LogP contribution is -2.11. The summed E-state index contributed by atoms with van der Waals surface area (Å²) in [5, 5.41) is 11.3. The molecule has 0 unspecified atom stereocenters. The van der Waals surface area contributed by atoms with Crippen molar-refractivity contribution in [3.05, 3.63) is 65.7 Å². The fourth-order valence-electron chi connectivity index (χ4n) is 2.26. The first-order chi connectivity index (χ1) is 12.2. The molecule has 0 heterocycles. The third-order valence-electron chi connectivity index (χ3n) is 3.67. The maximum absolute atomic E-state index is 12.1. The van der Waals surface area contributed by atoms with Crippen molar-refractivity contribution in [2.45, 2.75) is 26.2 Å². The maximum Gasteiger partial charge on any atom is 0.341 e. The minimum Gasteiger partial charge on any atom is -0.482 e. The standard InChI is InChI=1S/C21H23NO4/c1-21(2,3)16-10-7-15(8-11-16)9-12-19(23)22-17-5-4-6-18(13-17)26-14-20(24)25/h4-13H,14H2,1-3H3,(H,22,23)(H,24,25)/b12-9+. The number of rotatable bonds is 6. The zero-order chi connectivity index (χ0) is 19.2. The maximum atomic E-state index is 12.1. The van der Waals surface area contributed by atoms with Crippen LogP contribution < -0.4 is 10.1 Å². The van der Waals surface area contributed by atoms with Crippen LogP contribution in [0.15, 0.2) is 54.6 Å². The molecule has 26 heavy (non-hydrogen) atoms. The number of nitrogens with one attached hydrogen (secondary N) is 1. The monoisotopic (exact) mass is 353 g/mol. The second-order valence-electron chi connectivity index (χ2n) is 6.90. The van der Waals surface area contributed by atoms with E-state index in [1.54, 1.807) is 30.3 Å². The molecule has 0 saturated heterocycles. The molecule has 0 aliphatic carbocycles. The van der Waals surface area contributed by atoms with Gasteiger partial charge in [-0.2, -0.15) is 0 Å². The molecule has 0 aliphatic heterocycles. The van der Waals surface area contributed by atoms with E-state index in [1.165, 1.54) is 11.6 Å². The summed E-state index contributed by atoms with van der Waals surface area (Å²) >= 11 is 0. The van der Waals surface area contributed by atoms with Crippen LogP contribution in [0.3, 0.4) is 0 Å². The zero-order valence-corrected chi connectivity index (χ0v) is 15.2. The van der Waals surface area contributed by atoms with Gasteiger partial charge in [0.2, 0.25) is 5.91 Å². The summed E-state index contributed by atoms with van der Waals surface area (Å²) in [4.78, 5) is 22.6. The van der Waals surface area contributed by atoms with Gasteiger partial charge in [0.15, 0.2) is 6.61 Å². The van der Waals surface area contributed by atoms with E-state index in [4.69, 9.17) is 9.84 Å². The number of carbonyl (C=O) groups excluding carboxylic acids is 1. The molecule has 0 aromatic heterocycles. The fraction of sp³-hybridized carbons (Fsp3) is 0.238. The third-order valence-corrected chi connectivity index (χ3v) is 3.67. The Balaban J connectivity index is 1.97. The highest BCUT2D eigenvalue weighted by Crippen LogP contribution is 2.22. The summed E-state index contributed by atoms with van der Waals surface area (Å²) in [5.41, 5.74) is 2.79. The molecule has 0 fully saturated rings. The Kier molecular flexibility index (Phi) is 6.17. The molecule has 0 atom stereocenters.